The fourth-order valence-electron chi connectivity index (χ4n) is 2.37. The fraction of sp³-hybridized carbons (Fsp3) is 0.467. The molecular formula is C15H21BrN4. The minimum Gasteiger partial charge on any atom is -0.313 e. The van der Waals surface area contributed by atoms with Crippen LogP contribution in [-0.4, -0.2) is 21.8 Å². The van der Waals surface area contributed by atoms with Crippen LogP contribution in [0.1, 0.15) is 36.8 Å². The van der Waals surface area contributed by atoms with Crippen LogP contribution < -0.4 is 5.32 Å². The van der Waals surface area contributed by atoms with Crippen molar-refractivity contribution in [3.05, 3.63) is 46.0 Å². The van der Waals surface area contributed by atoms with E-state index in [4.69, 9.17) is 0 Å². The molecule has 2 aromatic heterocycles. The predicted octanol–water partition coefficient (Wildman–Crippen LogP) is 3.13. The van der Waals surface area contributed by atoms with E-state index in [0.717, 1.165) is 29.6 Å². The first kappa shape index (κ1) is 15.2. The lowest BCUT2D eigenvalue weighted by atomic mass is 10.0. The highest BCUT2D eigenvalue weighted by atomic mass is 79.9. The van der Waals surface area contributed by atoms with Crippen LogP contribution >= 0.6 is 15.9 Å². The van der Waals surface area contributed by atoms with Crippen LogP contribution in [0.25, 0.3) is 0 Å². The summed E-state index contributed by atoms with van der Waals surface area (Å²) in [4.78, 5) is 4.21. The summed E-state index contributed by atoms with van der Waals surface area (Å²) in [6.45, 7) is 5.14. The normalized spacial score (nSPS) is 12.6. The minimum absolute atomic E-state index is 0.242. The number of nitrogens with zero attached hydrogens (tertiary/aromatic N) is 3. The molecule has 1 atom stereocenters. The number of nitrogens with one attached hydrogen (secondary N) is 1. The van der Waals surface area contributed by atoms with E-state index >= 15 is 0 Å². The minimum atomic E-state index is 0.242. The van der Waals surface area contributed by atoms with Crippen molar-refractivity contribution in [1.82, 2.24) is 20.1 Å². The van der Waals surface area contributed by atoms with E-state index in [0.29, 0.717) is 0 Å². The van der Waals surface area contributed by atoms with E-state index in [9.17, 15) is 0 Å². The van der Waals surface area contributed by atoms with Gasteiger partial charge in [-0.15, -0.1) is 0 Å². The van der Waals surface area contributed by atoms with E-state index < -0.39 is 0 Å². The van der Waals surface area contributed by atoms with Gasteiger partial charge >= 0.3 is 0 Å². The van der Waals surface area contributed by atoms with Crippen LogP contribution in [-0.2, 0) is 19.4 Å². The summed E-state index contributed by atoms with van der Waals surface area (Å²) in [6.07, 6.45) is 5.56. The molecule has 1 N–H and O–H groups in total. The summed E-state index contributed by atoms with van der Waals surface area (Å²) < 4.78 is 3.23. The summed E-state index contributed by atoms with van der Waals surface area (Å²) in [5.41, 5.74) is 3.57. The molecular weight excluding hydrogens is 316 g/mol. The first-order valence-corrected chi connectivity index (χ1v) is 7.81. The summed E-state index contributed by atoms with van der Waals surface area (Å²) in [6, 6.07) is 4.32. The van der Waals surface area contributed by atoms with Crippen molar-refractivity contribution in [2.75, 3.05) is 7.05 Å². The monoisotopic (exact) mass is 336 g/mol. The van der Waals surface area contributed by atoms with Crippen LogP contribution in [0.2, 0.25) is 0 Å². The predicted molar refractivity (Wildman–Crippen MR) is 84.7 cm³/mol. The summed E-state index contributed by atoms with van der Waals surface area (Å²) in [5.74, 6) is 0. The number of halogens is 1. The third kappa shape index (κ3) is 3.10. The zero-order valence-corrected chi connectivity index (χ0v) is 13.8. The Hall–Kier alpha value is -1.20. The Morgan fingerprint density at radius 1 is 1.40 bits per heavy atom. The Morgan fingerprint density at radius 3 is 2.75 bits per heavy atom. The van der Waals surface area contributed by atoms with Gasteiger partial charge < -0.3 is 5.32 Å². The highest BCUT2D eigenvalue weighted by Gasteiger charge is 2.18. The van der Waals surface area contributed by atoms with E-state index in [2.05, 4.69) is 55.9 Å². The van der Waals surface area contributed by atoms with E-state index in [1.54, 1.807) is 6.20 Å². The maximum absolute atomic E-state index is 4.65. The molecule has 0 spiro atoms. The Balaban J connectivity index is 2.30. The molecule has 108 valence electrons. The van der Waals surface area contributed by atoms with Crippen molar-refractivity contribution >= 4 is 15.9 Å². The van der Waals surface area contributed by atoms with Crippen LogP contribution in [0.5, 0.6) is 0 Å². The average molecular weight is 337 g/mol. The van der Waals surface area contributed by atoms with E-state index in [1.165, 1.54) is 11.3 Å². The smallest absolute Gasteiger partial charge is 0.0766 e. The van der Waals surface area contributed by atoms with Gasteiger partial charge in [0, 0.05) is 31.4 Å². The van der Waals surface area contributed by atoms with Crippen molar-refractivity contribution in [3.8, 4) is 0 Å². The van der Waals surface area contributed by atoms with Crippen molar-refractivity contribution in [2.45, 2.75) is 39.3 Å². The maximum atomic E-state index is 4.65. The number of pyridine rings is 1. The number of rotatable bonds is 6. The Bertz CT molecular complexity index is 551. The van der Waals surface area contributed by atoms with Crippen LogP contribution in [0.3, 0.4) is 0 Å². The molecule has 0 aliphatic rings. The first-order chi connectivity index (χ1) is 9.71. The van der Waals surface area contributed by atoms with Gasteiger partial charge in [0.15, 0.2) is 0 Å². The molecule has 4 nitrogen and oxygen atoms in total. The third-order valence-corrected chi connectivity index (χ3v) is 4.44. The molecule has 0 saturated heterocycles. The SMILES string of the molecule is CCc1nn(CC)c(CC(NC)c2cccnc2)c1Br. The quantitative estimate of drug-likeness (QED) is 0.881. The lowest BCUT2D eigenvalue weighted by Crippen LogP contribution is -2.20. The lowest BCUT2D eigenvalue weighted by Gasteiger charge is -2.17. The number of likely N-dealkylation sites (N-methyl/N-ethyl adjacent to an activating group) is 1. The van der Waals surface area contributed by atoms with Crippen molar-refractivity contribution in [2.24, 2.45) is 0 Å². The topological polar surface area (TPSA) is 42.7 Å². The Morgan fingerprint density at radius 2 is 2.20 bits per heavy atom. The van der Waals surface area contributed by atoms with E-state index in [-0.39, 0.29) is 6.04 Å². The van der Waals surface area contributed by atoms with Gasteiger partial charge in [-0.3, -0.25) is 9.67 Å². The maximum Gasteiger partial charge on any atom is 0.0766 e. The van der Waals surface area contributed by atoms with Gasteiger partial charge in [0.05, 0.1) is 15.9 Å². The summed E-state index contributed by atoms with van der Waals surface area (Å²) in [7, 11) is 1.99. The molecule has 0 aliphatic heterocycles. The summed E-state index contributed by atoms with van der Waals surface area (Å²) in [5, 5.41) is 8.02. The standard InChI is InChI=1S/C15H21BrN4/c1-4-12-15(16)14(20(5-2)19-12)9-13(17-3)11-7-6-8-18-10-11/h6-8,10,13,17H,4-5,9H2,1-3H3. The molecule has 0 bridgehead atoms. The molecule has 0 aromatic carbocycles. The van der Waals surface area contributed by atoms with Gasteiger partial charge in [0.25, 0.3) is 0 Å². The zero-order chi connectivity index (χ0) is 14.5. The van der Waals surface area contributed by atoms with Gasteiger partial charge in [0.2, 0.25) is 0 Å². The molecule has 2 aromatic rings. The second-order valence-corrected chi connectivity index (χ2v) is 5.50. The third-order valence-electron chi connectivity index (χ3n) is 3.53. The molecule has 0 aliphatic carbocycles. The van der Waals surface area contributed by atoms with Gasteiger partial charge in [-0.1, -0.05) is 13.0 Å². The lowest BCUT2D eigenvalue weighted by molar-refractivity contribution is 0.538. The van der Waals surface area contributed by atoms with E-state index in [1.807, 2.05) is 19.3 Å². The van der Waals surface area contributed by atoms with Gasteiger partial charge in [0.1, 0.15) is 0 Å². The summed E-state index contributed by atoms with van der Waals surface area (Å²) >= 11 is 3.71. The zero-order valence-electron chi connectivity index (χ0n) is 12.2. The molecule has 0 saturated carbocycles. The second kappa shape index (κ2) is 6.99. The molecule has 1 unspecified atom stereocenters. The molecule has 20 heavy (non-hydrogen) atoms. The Labute approximate surface area is 128 Å². The van der Waals surface area contributed by atoms with Crippen LogP contribution in [0.15, 0.2) is 29.0 Å². The van der Waals surface area contributed by atoms with Gasteiger partial charge in [-0.2, -0.15) is 5.10 Å². The van der Waals surface area contributed by atoms with Crippen molar-refractivity contribution in [1.29, 1.82) is 0 Å². The Kier molecular flexibility index (Phi) is 5.31. The van der Waals surface area contributed by atoms with Crippen molar-refractivity contribution in [3.63, 3.8) is 0 Å². The van der Waals surface area contributed by atoms with Gasteiger partial charge in [-0.25, -0.2) is 0 Å². The number of hydrogen-bond acceptors (Lipinski definition) is 3. The van der Waals surface area contributed by atoms with Crippen LogP contribution in [0.4, 0.5) is 0 Å². The number of hydrogen-bond donors (Lipinski definition) is 1. The van der Waals surface area contributed by atoms with Crippen LogP contribution in [0, 0.1) is 0 Å². The van der Waals surface area contributed by atoms with Crippen molar-refractivity contribution < 1.29 is 0 Å². The number of aromatic nitrogens is 3. The fourth-order valence-corrected chi connectivity index (χ4v) is 3.10. The molecule has 2 heterocycles. The largest absolute Gasteiger partial charge is 0.313 e. The van der Waals surface area contributed by atoms with Gasteiger partial charge in [-0.05, 0) is 48.0 Å². The second-order valence-electron chi connectivity index (χ2n) is 4.71. The first-order valence-electron chi connectivity index (χ1n) is 7.02. The highest BCUT2D eigenvalue weighted by molar-refractivity contribution is 9.10. The molecule has 0 fully saturated rings. The molecule has 5 heteroatoms. The highest BCUT2D eigenvalue weighted by Crippen LogP contribution is 2.27. The molecule has 0 amide bonds. The molecule has 2 rings (SSSR count). The molecule has 0 radical (unpaired) electrons. The average Bonchev–Trinajstić information content (AvgIpc) is 2.81. The number of aryl methyl sites for hydroxylation is 2.